The molecule has 2 aromatic carbocycles. The van der Waals surface area contributed by atoms with Crippen LogP contribution in [0.25, 0.3) is 0 Å². The molecular formula is C19H16FNO5S. The molecule has 3 rings (SSSR count). The van der Waals surface area contributed by atoms with Gasteiger partial charge in [0, 0.05) is 11.9 Å². The van der Waals surface area contributed by atoms with Gasteiger partial charge in [0.2, 0.25) is 0 Å². The van der Waals surface area contributed by atoms with Crippen molar-refractivity contribution in [1.29, 1.82) is 0 Å². The first-order valence-corrected chi connectivity index (χ1v) is 9.79. The van der Waals surface area contributed by atoms with E-state index in [-0.39, 0.29) is 23.1 Å². The van der Waals surface area contributed by atoms with Gasteiger partial charge in [-0.05, 0) is 60.7 Å². The van der Waals surface area contributed by atoms with Crippen molar-refractivity contribution >= 4 is 21.4 Å². The van der Waals surface area contributed by atoms with Crippen LogP contribution in [0.5, 0.6) is 5.75 Å². The van der Waals surface area contributed by atoms with Crippen LogP contribution in [0.15, 0.2) is 70.0 Å². The van der Waals surface area contributed by atoms with Crippen molar-refractivity contribution in [2.24, 2.45) is 0 Å². The van der Waals surface area contributed by atoms with E-state index in [0.717, 1.165) is 6.26 Å². The van der Waals surface area contributed by atoms with Gasteiger partial charge >= 0.3 is 0 Å². The number of furan rings is 1. The highest BCUT2D eigenvalue weighted by Crippen LogP contribution is 2.17. The molecule has 1 N–H and O–H groups in total. The molecule has 0 spiro atoms. The van der Waals surface area contributed by atoms with Gasteiger partial charge in [0.15, 0.2) is 15.6 Å². The summed E-state index contributed by atoms with van der Waals surface area (Å²) in [7, 11) is -3.29. The molecule has 0 aliphatic rings. The van der Waals surface area contributed by atoms with Gasteiger partial charge in [0.05, 0.1) is 4.90 Å². The predicted octanol–water partition coefficient (Wildman–Crippen LogP) is 3.65. The summed E-state index contributed by atoms with van der Waals surface area (Å²) in [6.07, 6.45) is 1.11. The zero-order chi connectivity index (χ0) is 19.4. The van der Waals surface area contributed by atoms with E-state index >= 15 is 0 Å². The molecule has 8 heteroatoms. The number of hydrogen-bond donors (Lipinski definition) is 1. The molecule has 0 fully saturated rings. The number of rotatable bonds is 6. The fourth-order valence-electron chi connectivity index (χ4n) is 2.24. The van der Waals surface area contributed by atoms with Gasteiger partial charge in [0.1, 0.15) is 23.9 Å². The topological polar surface area (TPSA) is 85.6 Å². The van der Waals surface area contributed by atoms with Gasteiger partial charge in [-0.3, -0.25) is 4.79 Å². The van der Waals surface area contributed by atoms with Crippen LogP contribution in [0.2, 0.25) is 0 Å². The molecule has 0 radical (unpaired) electrons. The lowest BCUT2D eigenvalue weighted by Gasteiger charge is -2.05. The maximum atomic E-state index is 12.9. The second-order valence-electron chi connectivity index (χ2n) is 5.76. The van der Waals surface area contributed by atoms with Gasteiger partial charge in [-0.1, -0.05) is 0 Å². The van der Waals surface area contributed by atoms with E-state index in [1.807, 2.05) is 0 Å². The minimum atomic E-state index is -3.29. The summed E-state index contributed by atoms with van der Waals surface area (Å²) in [5.74, 6) is 0.153. The number of anilines is 1. The lowest BCUT2D eigenvalue weighted by atomic mass is 10.3. The van der Waals surface area contributed by atoms with E-state index in [4.69, 9.17) is 9.15 Å². The fourth-order valence-corrected chi connectivity index (χ4v) is 2.87. The first kappa shape index (κ1) is 18.7. The minimum absolute atomic E-state index is 0.0832. The van der Waals surface area contributed by atoms with Crippen molar-refractivity contribution < 1.29 is 26.8 Å². The number of benzene rings is 2. The molecule has 0 saturated carbocycles. The van der Waals surface area contributed by atoms with Crippen molar-refractivity contribution in [2.75, 3.05) is 11.6 Å². The smallest absolute Gasteiger partial charge is 0.291 e. The number of carbonyl (C=O) groups is 1. The van der Waals surface area contributed by atoms with Crippen LogP contribution < -0.4 is 10.1 Å². The quantitative estimate of drug-likeness (QED) is 0.695. The number of carbonyl (C=O) groups excluding carboxylic acids is 1. The van der Waals surface area contributed by atoms with Crippen LogP contribution in [0.3, 0.4) is 0 Å². The Morgan fingerprint density at radius 1 is 1.04 bits per heavy atom. The Labute approximate surface area is 155 Å². The Balaban J connectivity index is 1.60. The first-order chi connectivity index (χ1) is 12.8. The molecule has 140 valence electrons. The molecule has 0 saturated heterocycles. The minimum Gasteiger partial charge on any atom is -0.486 e. The molecule has 1 aromatic heterocycles. The van der Waals surface area contributed by atoms with Gasteiger partial charge in [-0.25, -0.2) is 12.8 Å². The van der Waals surface area contributed by atoms with Crippen molar-refractivity contribution in [2.45, 2.75) is 11.5 Å². The van der Waals surface area contributed by atoms with E-state index in [1.54, 1.807) is 6.07 Å². The van der Waals surface area contributed by atoms with E-state index in [2.05, 4.69) is 5.32 Å². The monoisotopic (exact) mass is 389 g/mol. The maximum absolute atomic E-state index is 12.9. The molecule has 6 nitrogen and oxygen atoms in total. The van der Waals surface area contributed by atoms with E-state index in [1.165, 1.54) is 54.6 Å². The lowest BCUT2D eigenvalue weighted by molar-refractivity contribution is 0.0992. The molecular weight excluding hydrogens is 373 g/mol. The average molecular weight is 389 g/mol. The highest BCUT2D eigenvalue weighted by molar-refractivity contribution is 7.90. The normalized spacial score (nSPS) is 11.2. The first-order valence-electron chi connectivity index (χ1n) is 7.90. The average Bonchev–Trinajstić information content (AvgIpc) is 3.10. The summed E-state index contributed by atoms with van der Waals surface area (Å²) in [5, 5.41) is 2.62. The van der Waals surface area contributed by atoms with Crippen molar-refractivity contribution in [3.8, 4) is 5.75 Å². The van der Waals surface area contributed by atoms with Crippen LogP contribution in [0, 0.1) is 5.82 Å². The van der Waals surface area contributed by atoms with Crippen LogP contribution in [0.4, 0.5) is 10.1 Å². The summed E-state index contributed by atoms with van der Waals surface area (Å²) in [6, 6.07) is 14.5. The summed E-state index contributed by atoms with van der Waals surface area (Å²) in [5.41, 5.74) is 0.438. The summed E-state index contributed by atoms with van der Waals surface area (Å²) < 4.78 is 46.6. The Kier molecular flexibility index (Phi) is 5.27. The molecule has 0 aliphatic heterocycles. The Bertz CT molecular complexity index is 1040. The number of nitrogens with one attached hydrogen (secondary N) is 1. The third kappa shape index (κ3) is 4.95. The van der Waals surface area contributed by atoms with Crippen molar-refractivity contribution in [3.05, 3.63) is 78.0 Å². The van der Waals surface area contributed by atoms with Crippen molar-refractivity contribution in [3.63, 3.8) is 0 Å². The molecule has 0 unspecified atom stereocenters. The second-order valence-corrected chi connectivity index (χ2v) is 7.77. The Morgan fingerprint density at radius 3 is 2.33 bits per heavy atom. The third-order valence-electron chi connectivity index (χ3n) is 3.62. The van der Waals surface area contributed by atoms with Gasteiger partial charge in [-0.15, -0.1) is 0 Å². The predicted molar refractivity (Wildman–Crippen MR) is 96.9 cm³/mol. The molecule has 0 aliphatic carbocycles. The third-order valence-corrected chi connectivity index (χ3v) is 4.75. The highest BCUT2D eigenvalue weighted by atomic mass is 32.2. The van der Waals surface area contributed by atoms with Gasteiger partial charge < -0.3 is 14.5 Å². The number of amides is 1. The summed E-state index contributed by atoms with van der Waals surface area (Å²) in [4.78, 5) is 12.4. The van der Waals surface area contributed by atoms with Crippen LogP contribution >= 0.6 is 0 Å². The van der Waals surface area contributed by atoms with E-state index in [9.17, 15) is 17.6 Å². The molecule has 27 heavy (non-hydrogen) atoms. The lowest BCUT2D eigenvalue weighted by Crippen LogP contribution is -2.11. The summed E-state index contributed by atoms with van der Waals surface area (Å²) in [6.45, 7) is 0.0853. The van der Waals surface area contributed by atoms with E-state index in [0.29, 0.717) is 17.2 Å². The Hall–Kier alpha value is -3.13. The zero-order valence-corrected chi connectivity index (χ0v) is 15.1. The number of hydrogen-bond acceptors (Lipinski definition) is 5. The standard InChI is InChI=1S/C19H16FNO5S/c1-27(23,24)17-9-4-14(5-10-17)21-19(22)18-11-8-16(26-18)12-25-15-6-2-13(20)3-7-15/h2-11H,12H2,1H3,(H,21,22). The van der Waals surface area contributed by atoms with Crippen LogP contribution in [-0.2, 0) is 16.4 Å². The second kappa shape index (κ2) is 7.63. The van der Waals surface area contributed by atoms with Crippen LogP contribution in [-0.4, -0.2) is 20.6 Å². The SMILES string of the molecule is CS(=O)(=O)c1ccc(NC(=O)c2ccc(COc3ccc(F)cc3)o2)cc1. The molecule has 1 amide bonds. The molecule has 0 bridgehead atoms. The molecule has 3 aromatic rings. The van der Waals surface area contributed by atoms with Gasteiger partial charge in [0.25, 0.3) is 5.91 Å². The molecule has 0 atom stereocenters. The number of ether oxygens (including phenoxy) is 1. The largest absolute Gasteiger partial charge is 0.486 e. The number of sulfone groups is 1. The fraction of sp³-hybridized carbons (Fsp3) is 0.105. The van der Waals surface area contributed by atoms with Crippen LogP contribution in [0.1, 0.15) is 16.3 Å². The maximum Gasteiger partial charge on any atom is 0.291 e. The van der Waals surface area contributed by atoms with Gasteiger partial charge in [-0.2, -0.15) is 0 Å². The number of halogens is 1. The Morgan fingerprint density at radius 2 is 1.70 bits per heavy atom. The summed E-state index contributed by atoms with van der Waals surface area (Å²) >= 11 is 0. The molecule has 1 heterocycles. The van der Waals surface area contributed by atoms with E-state index < -0.39 is 15.7 Å². The highest BCUT2D eigenvalue weighted by Gasteiger charge is 2.13. The van der Waals surface area contributed by atoms with Crippen molar-refractivity contribution in [1.82, 2.24) is 0 Å². The zero-order valence-electron chi connectivity index (χ0n) is 14.3.